The Morgan fingerprint density at radius 2 is 2.32 bits per heavy atom. The fourth-order valence-electron chi connectivity index (χ4n) is 1.89. The van der Waals surface area contributed by atoms with Crippen LogP contribution in [0.2, 0.25) is 5.02 Å². The van der Waals surface area contributed by atoms with Crippen molar-refractivity contribution in [2.24, 2.45) is 10.2 Å². The van der Waals surface area contributed by atoms with Gasteiger partial charge in [-0.15, -0.1) is 5.10 Å². The van der Waals surface area contributed by atoms with Gasteiger partial charge in [0, 0.05) is 0 Å². The summed E-state index contributed by atoms with van der Waals surface area (Å²) in [6, 6.07) is 5.26. The number of nitrogens with one attached hydrogen (secondary N) is 1. The molecule has 134 valence electrons. The topological polar surface area (TPSA) is 100 Å². The lowest BCUT2D eigenvalue weighted by atomic mass is 10.2. The number of benzene rings is 1. The third-order valence-corrected chi connectivity index (χ3v) is 4.72. The number of halogens is 1. The van der Waals surface area contributed by atoms with Gasteiger partial charge in [0.1, 0.15) is 11.0 Å². The Hall–Kier alpha value is -2.06. The average molecular weight is 384 g/mol. The van der Waals surface area contributed by atoms with E-state index in [4.69, 9.17) is 21.4 Å². The molecule has 0 aliphatic carbocycles. The lowest BCUT2D eigenvalue weighted by molar-refractivity contribution is -0.138. The summed E-state index contributed by atoms with van der Waals surface area (Å²) in [5.74, 6) is -0.808. The van der Waals surface area contributed by atoms with Crippen molar-refractivity contribution in [1.82, 2.24) is 5.32 Å². The highest BCUT2D eigenvalue weighted by molar-refractivity contribution is 8.15. The molecule has 1 aromatic carbocycles. The van der Waals surface area contributed by atoms with Gasteiger partial charge in [-0.1, -0.05) is 30.3 Å². The smallest absolute Gasteiger partial charge is 0.305 e. The number of ether oxygens (including phenoxy) is 1. The van der Waals surface area contributed by atoms with E-state index in [0.717, 1.165) is 23.7 Å². The minimum Gasteiger partial charge on any atom is -0.489 e. The van der Waals surface area contributed by atoms with Crippen molar-refractivity contribution in [2.75, 3.05) is 0 Å². The second-order valence-electron chi connectivity index (χ2n) is 5.37. The summed E-state index contributed by atoms with van der Waals surface area (Å²) in [6.45, 7) is 3.99. The van der Waals surface area contributed by atoms with Crippen LogP contribution < -0.4 is 10.1 Å². The Morgan fingerprint density at radius 3 is 2.96 bits per heavy atom. The molecule has 2 atom stereocenters. The number of thioether (sulfide) groups is 1. The summed E-state index contributed by atoms with van der Waals surface area (Å²) in [5, 5.41) is 19.1. The molecule has 0 spiro atoms. The first-order valence-corrected chi connectivity index (χ1v) is 8.91. The van der Waals surface area contributed by atoms with Crippen LogP contribution in [0, 0.1) is 0 Å². The first kappa shape index (κ1) is 19.3. The lowest BCUT2D eigenvalue weighted by Gasteiger charge is -2.13. The SMILES string of the molecule is CCC(C)Oc1ccc(C=NN=C2NC(=O)C(CC(=O)O)S2)cc1Cl. The Labute approximate surface area is 154 Å². The van der Waals surface area contributed by atoms with E-state index in [0.29, 0.717) is 10.8 Å². The van der Waals surface area contributed by atoms with Gasteiger partial charge in [0.15, 0.2) is 5.17 Å². The Balaban J connectivity index is 1.99. The highest BCUT2D eigenvalue weighted by atomic mass is 35.5. The first-order valence-electron chi connectivity index (χ1n) is 7.65. The zero-order chi connectivity index (χ0) is 18.4. The van der Waals surface area contributed by atoms with Crippen molar-refractivity contribution < 1.29 is 19.4 Å². The summed E-state index contributed by atoms with van der Waals surface area (Å²) in [6.07, 6.45) is 2.18. The van der Waals surface area contributed by atoms with E-state index in [1.165, 1.54) is 6.21 Å². The molecule has 1 aliphatic rings. The summed E-state index contributed by atoms with van der Waals surface area (Å²) in [4.78, 5) is 22.3. The zero-order valence-corrected chi connectivity index (χ0v) is 15.3. The molecule has 7 nitrogen and oxygen atoms in total. The maximum absolute atomic E-state index is 11.6. The van der Waals surface area contributed by atoms with Crippen LogP contribution >= 0.6 is 23.4 Å². The maximum atomic E-state index is 11.6. The molecule has 9 heteroatoms. The van der Waals surface area contributed by atoms with E-state index in [9.17, 15) is 9.59 Å². The summed E-state index contributed by atoms with van der Waals surface area (Å²) in [5.41, 5.74) is 0.724. The normalized spacial score (nSPS) is 20.0. The van der Waals surface area contributed by atoms with Gasteiger partial charge < -0.3 is 15.2 Å². The fraction of sp³-hybridized carbons (Fsp3) is 0.375. The first-order chi connectivity index (χ1) is 11.9. The predicted octanol–water partition coefficient (Wildman–Crippen LogP) is 2.91. The minimum absolute atomic E-state index is 0.0742. The molecule has 1 aliphatic heterocycles. The Bertz CT molecular complexity index is 723. The number of amidine groups is 1. The third kappa shape index (κ3) is 5.75. The average Bonchev–Trinajstić information content (AvgIpc) is 2.89. The van der Waals surface area contributed by atoms with Crippen LogP contribution in [0.1, 0.15) is 32.3 Å². The van der Waals surface area contributed by atoms with Gasteiger partial charge in [0.05, 0.1) is 23.8 Å². The predicted molar refractivity (Wildman–Crippen MR) is 98.6 cm³/mol. The molecule has 2 rings (SSSR count). The van der Waals surface area contributed by atoms with E-state index in [1.54, 1.807) is 18.2 Å². The maximum Gasteiger partial charge on any atom is 0.305 e. The van der Waals surface area contributed by atoms with Gasteiger partial charge in [0.25, 0.3) is 0 Å². The van der Waals surface area contributed by atoms with Gasteiger partial charge in [-0.25, -0.2) is 0 Å². The summed E-state index contributed by atoms with van der Waals surface area (Å²) in [7, 11) is 0. The van der Waals surface area contributed by atoms with Crippen molar-refractivity contribution in [3.05, 3.63) is 28.8 Å². The molecular formula is C16H18ClN3O4S. The van der Waals surface area contributed by atoms with Gasteiger partial charge in [0.2, 0.25) is 5.91 Å². The number of carbonyl (C=O) groups excluding carboxylic acids is 1. The molecule has 2 N–H and O–H groups in total. The second-order valence-corrected chi connectivity index (χ2v) is 6.97. The Kier molecular flexibility index (Phi) is 6.83. The molecule has 1 heterocycles. The number of hydrogen-bond donors (Lipinski definition) is 2. The van der Waals surface area contributed by atoms with Crippen molar-refractivity contribution in [1.29, 1.82) is 0 Å². The van der Waals surface area contributed by atoms with Gasteiger partial charge >= 0.3 is 5.97 Å². The van der Waals surface area contributed by atoms with Crippen LogP contribution in [0.3, 0.4) is 0 Å². The molecule has 0 aromatic heterocycles. The van der Waals surface area contributed by atoms with E-state index in [1.807, 2.05) is 13.8 Å². The van der Waals surface area contributed by atoms with Crippen LogP contribution in [-0.4, -0.2) is 39.7 Å². The van der Waals surface area contributed by atoms with E-state index < -0.39 is 11.2 Å². The number of carboxylic acid groups (broad SMARTS) is 1. The van der Waals surface area contributed by atoms with Crippen LogP contribution in [-0.2, 0) is 9.59 Å². The molecule has 0 bridgehead atoms. The number of rotatable bonds is 7. The van der Waals surface area contributed by atoms with Crippen molar-refractivity contribution >= 4 is 46.6 Å². The monoisotopic (exact) mass is 383 g/mol. The van der Waals surface area contributed by atoms with Crippen molar-refractivity contribution in [3.8, 4) is 5.75 Å². The number of carbonyl (C=O) groups is 2. The quantitative estimate of drug-likeness (QED) is 0.557. The minimum atomic E-state index is -1.04. The van der Waals surface area contributed by atoms with Crippen LogP contribution in [0.4, 0.5) is 0 Å². The summed E-state index contributed by atoms with van der Waals surface area (Å²) < 4.78 is 5.69. The largest absolute Gasteiger partial charge is 0.489 e. The lowest BCUT2D eigenvalue weighted by Crippen LogP contribution is -2.26. The number of nitrogens with zero attached hydrogens (tertiary/aromatic N) is 2. The van der Waals surface area contributed by atoms with Gasteiger partial charge in [-0.2, -0.15) is 5.10 Å². The third-order valence-electron chi connectivity index (χ3n) is 3.35. The molecule has 1 saturated heterocycles. The van der Waals surface area contributed by atoms with Crippen molar-refractivity contribution in [2.45, 2.75) is 38.0 Å². The van der Waals surface area contributed by atoms with Crippen LogP contribution in [0.5, 0.6) is 5.75 Å². The van der Waals surface area contributed by atoms with E-state index in [2.05, 4.69) is 15.5 Å². The number of hydrogen-bond acceptors (Lipinski definition) is 6. The molecule has 1 fully saturated rings. The number of carboxylic acids is 1. The molecule has 2 unspecified atom stereocenters. The molecule has 1 aromatic rings. The molecule has 1 amide bonds. The standard InChI is InChI=1S/C16H18ClN3O4S/c1-3-9(2)24-12-5-4-10(6-11(12)17)8-18-20-16-19-15(23)13(25-16)7-14(21)22/h4-6,8-9,13H,3,7H2,1-2H3,(H,21,22)(H,19,20,23). The number of amides is 1. The highest BCUT2D eigenvalue weighted by Crippen LogP contribution is 2.26. The highest BCUT2D eigenvalue weighted by Gasteiger charge is 2.32. The number of aliphatic carboxylic acids is 1. The van der Waals surface area contributed by atoms with E-state index >= 15 is 0 Å². The van der Waals surface area contributed by atoms with Crippen LogP contribution in [0.25, 0.3) is 0 Å². The van der Waals surface area contributed by atoms with E-state index in [-0.39, 0.29) is 23.6 Å². The summed E-state index contributed by atoms with van der Waals surface area (Å²) >= 11 is 7.23. The molecule has 25 heavy (non-hydrogen) atoms. The zero-order valence-electron chi connectivity index (χ0n) is 13.7. The molecular weight excluding hydrogens is 366 g/mol. The Morgan fingerprint density at radius 1 is 1.56 bits per heavy atom. The van der Waals surface area contributed by atoms with Crippen LogP contribution in [0.15, 0.2) is 28.4 Å². The van der Waals surface area contributed by atoms with Crippen molar-refractivity contribution in [3.63, 3.8) is 0 Å². The second kappa shape index (κ2) is 8.87. The fourth-order valence-corrected chi connectivity index (χ4v) is 3.03. The molecule has 0 saturated carbocycles. The van der Waals surface area contributed by atoms with Gasteiger partial charge in [-0.3, -0.25) is 9.59 Å². The molecule has 0 radical (unpaired) electrons. The van der Waals surface area contributed by atoms with Gasteiger partial charge in [-0.05, 0) is 37.1 Å².